The third-order valence-electron chi connectivity index (χ3n) is 6.54. The van der Waals surface area contributed by atoms with Gasteiger partial charge in [-0.25, -0.2) is 8.42 Å². The summed E-state index contributed by atoms with van der Waals surface area (Å²) in [4.78, 5) is 15.2. The molecule has 7 nitrogen and oxygen atoms in total. The second kappa shape index (κ2) is 7.88. The van der Waals surface area contributed by atoms with Crippen LogP contribution in [-0.2, 0) is 9.84 Å². The van der Waals surface area contributed by atoms with Crippen LogP contribution in [-0.4, -0.2) is 52.1 Å². The average Bonchev–Trinajstić information content (AvgIpc) is 3.43. The van der Waals surface area contributed by atoms with Crippen molar-refractivity contribution in [2.24, 2.45) is 0 Å². The molecule has 2 N–H and O–H groups in total. The van der Waals surface area contributed by atoms with E-state index in [1.807, 2.05) is 24.3 Å². The van der Waals surface area contributed by atoms with Crippen LogP contribution in [0.5, 0.6) is 5.75 Å². The van der Waals surface area contributed by atoms with Gasteiger partial charge in [0.15, 0.2) is 9.84 Å². The molecular weight excluding hydrogens is 462 g/mol. The van der Waals surface area contributed by atoms with Gasteiger partial charge in [-0.2, -0.15) is 5.10 Å². The SMILES string of the molecule is CC(C)c1ccc(C2c3c(-c4cc(Cl)ccc4O)n[nH]c3C(=O)N2C2CCS(=O)(=O)C2)cc1. The Morgan fingerprint density at radius 1 is 1.18 bits per heavy atom. The van der Waals surface area contributed by atoms with E-state index in [0.29, 0.717) is 39.9 Å². The normalized spacial score (nSPS) is 21.7. The number of benzene rings is 2. The van der Waals surface area contributed by atoms with Crippen LogP contribution in [0.15, 0.2) is 42.5 Å². The van der Waals surface area contributed by atoms with E-state index < -0.39 is 21.9 Å². The zero-order chi connectivity index (χ0) is 23.5. The van der Waals surface area contributed by atoms with Gasteiger partial charge in [0, 0.05) is 22.2 Å². The van der Waals surface area contributed by atoms with Crippen molar-refractivity contribution in [2.75, 3.05) is 11.5 Å². The molecule has 33 heavy (non-hydrogen) atoms. The lowest BCUT2D eigenvalue weighted by molar-refractivity contribution is 0.0677. The summed E-state index contributed by atoms with van der Waals surface area (Å²) in [7, 11) is -3.20. The van der Waals surface area contributed by atoms with Crippen molar-refractivity contribution in [1.29, 1.82) is 0 Å². The predicted octanol–water partition coefficient (Wildman–Crippen LogP) is 4.29. The largest absolute Gasteiger partial charge is 0.507 e. The molecule has 0 radical (unpaired) electrons. The smallest absolute Gasteiger partial charge is 0.273 e. The summed E-state index contributed by atoms with van der Waals surface area (Å²) in [5, 5.41) is 18.1. The second-order valence-electron chi connectivity index (χ2n) is 9.02. The lowest BCUT2D eigenvalue weighted by atomic mass is 9.93. The molecule has 0 saturated carbocycles. The van der Waals surface area contributed by atoms with Gasteiger partial charge in [-0.1, -0.05) is 49.7 Å². The predicted molar refractivity (Wildman–Crippen MR) is 126 cm³/mol. The van der Waals surface area contributed by atoms with E-state index in [1.165, 1.54) is 6.07 Å². The molecule has 2 aromatic carbocycles. The number of rotatable bonds is 4. The fourth-order valence-electron chi connectivity index (χ4n) is 4.83. The number of phenols is 1. The molecular formula is C24H24ClN3O4S. The van der Waals surface area contributed by atoms with Crippen LogP contribution in [0.1, 0.15) is 59.4 Å². The maximum Gasteiger partial charge on any atom is 0.273 e. The van der Waals surface area contributed by atoms with Crippen LogP contribution in [0.3, 0.4) is 0 Å². The molecule has 0 aliphatic carbocycles. The van der Waals surface area contributed by atoms with Crippen molar-refractivity contribution in [3.63, 3.8) is 0 Å². The lowest BCUT2D eigenvalue weighted by Crippen LogP contribution is -2.40. The molecule has 1 fully saturated rings. The first-order chi connectivity index (χ1) is 15.7. The van der Waals surface area contributed by atoms with Crippen LogP contribution < -0.4 is 0 Å². The number of aromatic nitrogens is 2. The summed E-state index contributed by atoms with van der Waals surface area (Å²) in [5.41, 5.74) is 3.81. The van der Waals surface area contributed by atoms with Crippen LogP contribution in [0.25, 0.3) is 11.3 Å². The Balaban J connectivity index is 1.68. The standard InChI is InChI=1S/C24H24ClN3O4S/c1-13(2)14-3-5-15(6-4-14)23-20-21(18-11-16(25)7-8-19(18)29)26-27-22(20)24(30)28(23)17-9-10-33(31,32)12-17/h3-8,11,13,17,23,29H,9-10,12H2,1-2H3,(H,26,27). The van der Waals surface area contributed by atoms with E-state index in [-0.39, 0.29) is 23.2 Å². The number of aromatic amines is 1. The average molecular weight is 486 g/mol. The number of fused-ring (bicyclic) bond motifs is 1. The highest BCUT2D eigenvalue weighted by molar-refractivity contribution is 7.91. The van der Waals surface area contributed by atoms with E-state index in [2.05, 4.69) is 24.0 Å². The Labute approximate surface area is 197 Å². The highest BCUT2D eigenvalue weighted by Gasteiger charge is 2.48. The topological polar surface area (TPSA) is 103 Å². The first kappa shape index (κ1) is 22.0. The number of carbonyl (C=O) groups excluding carboxylic acids is 1. The number of hydrogen-bond acceptors (Lipinski definition) is 5. The van der Waals surface area contributed by atoms with E-state index in [9.17, 15) is 18.3 Å². The number of nitrogens with one attached hydrogen (secondary N) is 1. The molecule has 0 bridgehead atoms. The lowest BCUT2D eigenvalue weighted by Gasteiger charge is -2.31. The molecule has 3 heterocycles. The molecule has 3 aromatic rings. The van der Waals surface area contributed by atoms with Crippen molar-refractivity contribution in [3.8, 4) is 17.0 Å². The summed E-state index contributed by atoms with van der Waals surface area (Å²) < 4.78 is 24.5. The maximum absolute atomic E-state index is 13.5. The van der Waals surface area contributed by atoms with Crippen molar-refractivity contribution in [3.05, 3.63) is 69.9 Å². The first-order valence-electron chi connectivity index (χ1n) is 10.9. The number of aromatic hydroxyl groups is 1. The number of H-pyrrole nitrogens is 1. The maximum atomic E-state index is 13.5. The summed E-state index contributed by atoms with van der Waals surface area (Å²) in [6, 6.07) is 11.7. The third kappa shape index (κ3) is 3.71. The van der Waals surface area contributed by atoms with E-state index in [0.717, 1.165) is 11.1 Å². The minimum Gasteiger partial charge on any atom is -0.507 e. The van der Waals surface area contributed by atoms with Crippen LogP contribution in [0.2, 0.25) is 5.02 Å². The number of carbonyl (C=O) groups is 1. The van der Waals surface area contributed by atoms with Gasteiger partial charge >= 0.3 is 0 Å². The van der Waals surface area contributed by atoms with Crippen molar-refractivity contribution < 1.29 is 18.3 Å². The van der Waals surface area contributed by atoms with E-state index >= 15 is 0 Å². The van der Waals surface area contributed by atoms with Crippen molar-refractivity contribution in [2.45, 2.75) is 38.3 Å². The number of sulfone groups is 1. The molecule has 2 aliphatic heterocycles. The molecule has 1 amide bonds. The fraction of sp³-hybridized carbons (Fsp3) is 0.333. The zero-order valence-corrected chi connectivity index (χ0v) is 19.8. The van der Waals surface area contributed by atoms with Crippen molar-refractivity contribution in [1.82, 2.24) is 15.1 Å². The zero-order valence-electron chi connectivity index (χ0n) is 18.2. The quantitative estimate of drug-likeness (QED) is 0.573. The van der Waals surface area contributed by atoms with Gasteiger partial charge in [0.05, 0.1) is 17.5 Å². The van der Waals surface area contributed by atoms with Crippen LogP contribution in [0.4, 0.5) is 0 Å². The van der Waals surface area contributed by atoms with Crippen LogP contribution in [0, 0.1) is 0 Å². The summed E-state index contributed by atoms with van der Waals surface area (Å²) in [5.74, 6) is 0.0645. The Bertz CT molecular complexity index is 1350. The van der Waals surface area contributed by atoms with Gasteiger partial charge in [0.25, 0.3) is 5.91 Å². The fourth-order valence-corrected chi connectivity index (χ4v) is 6.71. The Morgan fingerprint density at radius 3 is 2.55 bits per heavy atom. The third-order valence-corrected chi connectivity index (χ3v) is 8.52. The second-order valence-corrected chi connectivity index (χ2v) is 11.7. The molecule has 5 rings (SSSR count). The number of nitrogens with zero attached hydrogens (tertiary/aromatic N) is 2. The van der Waals surface area contributed by atoms with E-state index in [4.69, 9.17) is 11.6 Å². The molecule has 1 aromatic heterocycles. The first-order valence-corrected chi connectivity index (χ1v) is 13.1. The van der Waals surface area contributed by atoms with Gasteiger partial charge in [-0.3, -0.25) is 9.89 Å². The van der Waals surface area contributed by atoms with Gasteiger partial charge in [-0.15, -0.1) is 0 Å². The summed E-state index contributed by atoms with van der Waals surface area (Å²) in [6.45, 7) is 4.22. The monoisotopic (exact) mass is 485 g/mol. The number of amides is 1. The summed E-state index contributed by atoms with van der Waals surface area (Å²) >= 11 is 6.18. The number of hydrogen-bond donors (Lipinski definition) is 2. The van der Waals surface area contributed by atoms with Crippen molar-refractivity contribution >= 4 is 27.3 Å². The van der Waals surface area contributed by atoms with Crippen LogP contribution >= 0.6 is 11.6 Å². The summed E-state index contributed by atoms with van der Waals surface area (Å²) in [6.07, 6.45) is 0.393. The molecule has 9 heteroatoms. The Hall–Kier alpha value is -2.84. The Kier molecular flexibility index (Phi) is 5.25. The molecule has 2 unspecified atom stereocenters. The van der Waals surface area contributed by atoms with Gasteiger partial charge in [-0.05, 0) is 41.7 Å². The number of phenolic OH excluding ortho intramolecular Hbond substituents is 1. The molecule has 172 valence electrons. The Morgan fingerprint density at radius 2 is 1.91 bits per heavy atom. The van der Waals surface area contributed by atoms with Gasteiger partial charge < -0.3 is 10.0 Å². The van der Waals surface area contributed by atoms with Gasteiger partial charge in [0.1, 0.15) is 17.1 Å². The highest BCUT2D eigenvalue weighted by atomic mass is 35.5. The number of halogens is 1. The minimum atomic E-state index is -3.20. The molecule has 2 aliphatic rings. The molecule has 1 saturated heterocycles. The highest BCUT2D eigenvalue weighted by Crippen LogP contribution is 2.46. The molecule has 0 spiro atoms. The minimum absolute atomic E-state index is 0.00283. The molecule has 2 atom stereocenters. The van der Waals surface area contributed by atoms with Gasteiger partial charge in [0.2, 0.25) is 0 Å². The van der Waals surface area contributed by atoms with E-state index in [1.54, 1.807) is 17.0 Å².